The number of rotatable bonds is 9. The summed E-state index contributed by atoms with van der Waals surface area (Å²) in [6.45, 7) is 4.70. The minimum Gasteiger partial charge on any atom is -0.480 e. The van der Waals surface area contributed by atoms with Crippen molar-refractivity contribution in [2.24, 2.45) is 5.92 Å². The molecular formula is C20H29N3O4. The van der Waals surface area contributed by atoms with Crippen molar-refractivity contribution in [3.63, 3.8) is 0 Å². The van der Waals surface area contributed by atoms with Gasteiger partial charge in [0.2, 0.25) is 11.8 Å². The maximum absolute atomic E-state index is 12.7. The van der Waals surface area contributed by atoms with Gasteiger partial charge in [-0.1, -0.05) is 44.2 Å². The van der Waals surface area contributed by atoms with Crippen molar-refractivity contribution in [3.05, 3.63) is 35.9 Å². The second-order valence-corrected chi connectivity index (χ2v) is 7.43. The number of carboxylic acids is 1. The van der Waals surface area contributed by atoms with Crippen molar-refractivity contribution in [2.45, 2.75) is 57.7 Å². The molecule has 1 aliphatic heterocycles. The molecular weight excluding hydrogens is 346 g/mol. The van der Waals surface area contributed by atoms with Gasteiger partial charge in [0.25, 0.3) is 0 Å². The SMILES string of the molecule is CC(C)C[C@H](NC(=O)[C@@H]1CCCN1)C(=O)N[C@@H](Cc1ccccc1)C(=O)O. The Bertz CT molecular complexity index is 642. The van der Waals surface area contributed by atoms with Gasteiger partial charge in [0.15, 0.2) is 0 Å². The Balaban J connectivity index is 2.03. The number of hydrogen-bond acceptors (Lipinski definition) is 4. The first-order chi connectivity index (χ1) is 12.9. The van der Waals surface area contributed by atoms with E-state index >= 15 is 0 Å². The minimum atomic E-state index is -1.10. The summed E-state index contributed by atoms with van der Waals surface area (Å²) in [5, 5.41) is 18.0. The van der Waals surface area contributed by atoms with Gasteiger partial charge in [0, 0.05) is 6.42 Å². The number of carbonyl (C=O) groups excluding carboxylic acids is 2. The maximum Gasteiger partial charge on any atom is 0.326 e. The van der Waals surface area contributed by atoms with Crippen LogP contribution < -0.4 is 16.0 Å². The van der Waals surface area contributed by atoms with Gasteiger partial charge >= 0.3 is 5.97 Å². The van der Waals surface area contributed by atoms with Crippen molar-refractivity contribution >= 4 is 17.8 Å². The first-order valence-corrected chi connectivity index (χ1v) is 9.47. The monoisotopic (exact) mass is 375 g/mol. The van der Waals surface area contributed by atoms with Crippen molar-refractivity contribution in [2.75, 3.05) is 6.54 Å². The standard InChI is InChI=1S/C20H29N3O4/c1-13(2)11-16(22-18(24)15-9-6-10-21-15)19(25)23-17(20(26)27)12-14-7-4-3-5-8-14/h3-5,7-8,13,15-17,21H,6,9-12H2,1-2H3,(H,22,24)(H,23,25)(H,26,27)/t15-,16-,17-/m0/s1. The van der Waals surface area contributed by atoms with Crippen LogP contribution in [0.5, 0.6) is 0 Å². The highest BCUT2D eigenvalue weighted by atomic mass is 16.4. The van der Waals surface area contributed by atoms with E-state index in [2.05, 4.69) is 16.0 Å². The molecule has 4 N–H and O–H groups in total. The van der Waals surface area contributed by atoms with Gasteiger partial charge in [-0.3, -0.25) is 9.59 Å². The number of nitrogens with one attached hydrogen (secondary N) is 3. The Kier molecular flexibility index (Phi) is 7.79. The second-order valence-electron chi connectivity index (χ2n) is 7.43. The van der Waals surface area contributed by atoms with E-state index in [-0.39, 0.29) is 24.3 Å². The first kappa shape index (κ1) is 20.9. The third-order valence-electron chi connectivity index (χ3n) is 4.61. The topological polar surface area (TPSA) is 108 Å². The van der Waals surface area contributed by atoms with Gasteiger partial charge in [-0.2, -0.15) is 0 Å². The highest BCUT2D eigenvalue weighted by molar-refractivity contribution is 5.92. The minimum absolute atomic E-state index is 0.176. The molecule has 7 nitrogen and oxygen atoms in total. The van der Waals surface area contributed by atoms with Crippen LogP contribution in [0.1, 0.15) is 38.7 Å². The number of carbonyl (C=O) groups is 3. The Morgan fingerprint density at radius 2 is 1.85 bits per heavy atom. The van der Waals surface area contributed by atoms with Crippen molar-refractivity contribution in [1.82, 2.24) is 16.0 Å². The zero-order chi connectivity index (χ0) is 19.8. The fraction of sp³-hybridized carbons (Fsp3) is 0.550. The average molecular weight is 375 g/mol. The molecule has 2 amide bonds. The van der Waals surface area contributed by atoms with Crippen molar-refractivity contribution < 1.29 is 19.5 Å². The zero-order valence-corrected chi connectivity index (χ0v) is 15.9. The van der Waals surface area contributed by atoms with Crippen LogP contribution in [0.25, 0.3) is 0 Å². The third kappa shape index (κ3) is 6.67. The predicted octanol–water partition coefficient (Wildman–Crippen LogP) is 1.08. The van der Waals surface area contributed by atoms with Crippen LogP contribution in [0, 0.1) is 5.92 Å². The molecule has 0 aliphatic carbocycles. The molecule has 1 saturated heterocycles. The predicted molar refractivity (Wildman–Crippen MR) is 102 cm³/mol. The van der Waals surface area contributed by atoms with E-state index < -0.39 is 24.0 Å². The summed E-state index contributed by atoms with van der Waals surface area (Å²) in [4.78, 5) is 36.7. The molecule has 1 heterocycles. The summed E-state index contributed by atoms with van der Waals surface area (Å²) >= 11 is 0. The molecule has 1 aliphatic rings. The Labute approximate surface area is 159 Å². The van der Waals surface area contributed by atoms with Crippen molar-refractivity contribution in [1.29, 1.82) is 0 Å². The lowest BCUT2D eigenvalue weighted by Gasteiger charge is -2.24. The number of aliphatic carboxylic acids is 1. The van der Waals surface area contributed by atoms with Crippen LogP contribution in [0.4, 0.5) is 0 Å². The molecule has 148 valence electrons. The van der Waals surface area contributed by atoms with Crippen LogP contribution in [0.15, 0.2) is 30.3 Å². The van der Waals surface area contributed by atoms with E-state index in [0.717, 1.165) is 24.9 Å². The van der Waals surface area contributed by atoms with Gasteiger partial charge in [0.1, 0.15) is 12.1 Å². The summed E-state index contributed by atoms with van der Waals surface area (Å²) in [7, 11) is 0. The molecule has 0 unspecified atom stereocenters. The highest BCUT2D eigenvalue weighted by Gasteiger charge is 2.30. The van der Waals surface area contributed by atoms with Gasteiger partial charge in [-0.05, 0) is 37.3 Å². The zero-order valence-electron chi connectivity index (χ0n) is 15.9. The van der Waals surface area contributed by atoms with Crippen LogP contribution >= 0.6 is 0 Å². The van der Waals surface area contributed by atoms with Crippen LogP contribution in [0.3, 0.4) is 0 Å². The quantitative estimate of drug-likeness (QED) is 0.517. The summed E-state index contributed by atoms with van der Waals surface area (Å²) in [5.41, 5.74) is 0.824. The first-order valence-electron chi connectivity index (χ1n) is 9.47. The summed E-state index contributed by atoms with van der Waals surface area (Å²) < 4.78 is 0. The van der Waals surface area contributed by atoms with Gasteiger partial charge in [0.05, 0.1) is 6.04 Å². The Morgan fingerprint density at radius 1 is 1.15 bits per heavy atom. The molecule has 0 bridgehead atoms. The van der Waals surface area contributed by atoms with Gasteiger partial charge < -0.3 is 21.1 Å². The fourth-order valence-corrected chi connectivity index (χ4v) is 3.21. The Morgan fingerprint density at radius 3 is 2.41 bits per heavy atom. The van der Waals surface area contributed by atoms with E-state index in [1.807, 2.05) is 44.2 Å². The molecule has 0 aromatic heterocycles. The Hall–Kier alpha value is -2.41. The van der Waals surface area contributed by atoms with E-state index in [4.69, 9.17) is 0 Å². The fourth-order valence-electron chi connectivity index (χ4n) is 3.21. The lowest BCUT2D eigenvalue weighted by Crippen LogP contribution is -2.55. The van der Waals surface area contributed by atoms with Crippen molar-refractivity contribution in [3.8, 4) is 0 Å². The molecule has 3 atom stereocenters. The lowest BCUT2D eigenvalue weighted by molar-refractivity contribution is -0.142. The molecule has 7 heteroatoms. The van der Waals surface area contributed by atoms with Crippen LogP contribution in [-0.4, -0.2) is 47.6 Å². The number of hydrogen-bond donors (Lipinski definition) is 4. The third-order valence-corrected chi connectivity index (χ3v) is 4.61. The summed E-state index contributed by atoms with van der Waals surface area (Å²) in [6.07, 6.45) is 2.31. The molecule has 0 radical (unpaired) electrons. The molecule has 1 aromatic rings. The van der Waals surface area contributed by atoms with E-state index in [0.29, 0.717) is 6.42 Å². The maximum atomic E-state index is 12.7. The second kappa shape index (κ2) is 10.1. The normalized spacial score (nSPS) is 18.7. The number of benzene rings is 1. The molecule has 2 rings (SSSR count). The van der Waals surface area contributed by atoms with E-state index in [9.17, 15) is 19.5 Å². The molecule has 1 aromatic carbocycles. The van der Waals surface area contributed by atoms with Crippen LogP contribution in [0.2, 0.25) is 0 Å². The molecule has 0 spiro atoms. The summed E-state index contributed by atoms with van der Waals surface area (Å²) in [5.74, 6) is -1.59. The van der Waals surface area contributed by atoms with Crippen LogP contribution in [-0.2, 0) is 20.8 Å². The molecule has 0 saturated carbocycles. The highest BCUT2D eigenvalue weighted by Crippen LogP contribution is 2.10. The smallest absolute Gasteiger partial charge is 0.326 e. The average Bonchev–Trinajstić information content (AvgIpc) is 3.15. The molecule has 27 heavy (non-hydrogen) atoms. The largest absolute Gasteiger partial charge is 0.480 e. The number of carboxylic acid groups (broad SMARTS) is 1. The van der Waals surface area contributed by atoms with E-state index in [1.54, 1.807) is 0 Å². The lowest BCUT2D eigenvalue weighted by atomic mass is 10.0. The summed E-state index contributed by atoms with van der Waals surface area (Å²) in [6, 6.07) is 7.06. The van der Waals surface area contributed by atoms with Gasteiger partial charge in [-0.15, -0.1) is 0 Å². The molecule has 1 fully saturated rings. The van der Waals surface area contributed by atoms with Gasteiger partial charge in [-0.25, -0.2) is 4.79 Å². The number of amides is 2. The van der Waals surface area contributed by atoms with E-state index in [1.165, 1.54) is 0 Å².